The van der Waals surface area contributed by atoms with E-state index >= 15 is 0 Å². The number of rotatable bonds is 5. The van der Waals surface area contributed by atoms with Gasteiger partial charge in [0.05, 0.1) is 5.01 Å². The molecule has 0 spiro atoms. The van der Waals surface area contributed by atoms with Gasteiger partial charge in [0.25, 0.3) is 0 Å². The molecule has 0 saturated heterocycles. The van der Waals surface area contributed by atoms with Crippen LogP contribution in [0.2, 0.25) is 0 Å². The highest BCUT2D eigenvalue weighted by Crippen LogP contribution is 2.27. The van der Waals surface area contributed by atoms with Crippen molar-refractivity contribution in [2.45, 2.75) is 47.1 Å². The van der Waals surface area contributed by atoms with Crippen molar-refractivity contribution < 1.29 is 0 Å². The third-order valence-corrected chi connectivity index (χ3v) is 4.57. The number of hydrogen-bond acceptors (Lipinski definition) is 3. The zero-order chi connectivity index (χ0) is 14.7. The Morgan fingerprint density at radius 2 is 1.80 bits per heavy atom. The molecule has 0 aliphatic heterocycles. The fraction of sp³-hybridized carbons (Fsp3) is 0.471. The second-order valence-corrected chi connectivity index (χ2v) is 6.45. The van der Waals surface area contributed by atoms with Crippen molar-refractivity contribution in [1.29, 1.82) is 0 Å². The maximum absolute atomic E-state index is 4.61. The smallest absolute Gasteiger partial charge is 0.0947 e. The summed E-state index contributed by atoms with van der Waals surface area (Å²) in [6, 6.07) is 4.91. The minimum absolute atomic E-state index is 0.353. The highest BCUT2D eigenvalue weighted by Gasteiger charge is 2.17. The third kappa shape index (κ3) is 3.47. The average molecular weight is 288 g/mol. The first kappa shape index (κ1) is 15.2. The summed E-state index contributed by atoms with van der Waals surface area (Å²) in [5, 5.41) is 6.97. The highest BCUT2D eigenvalue weighted by molar-refractivity contribution is 7.09. The molecule has 0 bridgehead atoms. The molecule has 1 atom stereocenters. The number of aryl methyl sites for hydroxylation is 4. The SMILES string of the molecule is CCNC(Cc1nc(C)cs1)c1c(C)cc(C)cc1C. The molecular weight excluding hydrogens is 264 g/mol. The van der Waals surface area contributed by atoms with Crippen molar-refractivity contribution in [2.75, 3.05) is 6.54 Å². The summed E-state index contributed by atoms with van der Waals surface area (Å²) in [6.07, 6.45) is 0.969. The Hall–Kier alpha value is -1.19. The molecule has 0 saturated carbocycles. The Balaban J connectivity index is 2.33. The first-order chi connectivity index (χ1) is 9.51. The van der Waals surface area contributed by atoms with E-state index in [2.05, 4.69) is 62.4 Å². The third-order valence-electron chi connectivity index (χ3n) is 3.58. The molecule has 1 unspecified atom stereocenters. The predicted octanol–water partition coefficient (Wildman–Crippen LogP) is 4.27. The zero-order valence-electron chi connectivity index (χ0n) is 13.1. The lowest BCUT2D eigenvalue weighted by Gasteiger charge is -2.22. The molecule has 2 aromatic rings. The van der Waals surface area contributed by atoms with Crippen molar-refractivity contribution in [1.82, 2.24) is 10.3 Å². The van der Waals surface area contributed by atoms with Crippen LogP contribution in [-0.4, -0.2) is 11.5 Å². The monoisotopic (exact) mass is 288 g/mol. The van der Waals surface area contributed by atoms with Gasteiger partial charge >= 0.3 is 0 Å². The van der Waals surface area contributed by atoms with Gasteiger partial charge in [-0.1, -0.05) is 24.6 Å². The molecule has 20 heavy (non-hydrogen) atoms. The van der Waals surface area contributed by atoms with Gasteiger partial charge in [-0.05, 0) is 50.9 Å². The van der Waals surface area contributed by atoms with E-state index in [4.69, 9.17) is 0 Å². The number of thiazole rings is 1. The normalized spacial score (nSPS) is 12.7. The summed E-state index contributed by atoms with van der Waals surface area (Å²) < 4.78 is 0. The van der Waals surface area contributed by atoms with E-state index in [1.807, 2.05) is 0 Å². The fourth-order valence-corrected chi connectivity index (χ4v) is 3.75. The van der Waals surface area contributed by atoms with Crippen LogP contribution in [0.5, 0.6) is 0 Å². The first-order valence-corrected chi connectivity index (χ1v) is 8.11. The van der Waals surface area contributed by atoms with Crippen molar-refractivity contribution in [3.8, 4) is 0 Å². The van der Waals surface area contributed by atoms with E-state index < -0.39 is 0 Å². The molecule has 0 fully saturated rings. The molecule has 0 amide bonds. The number of benzene rings is 1. The second-order valence-electron chi connectivity index (χ2n) is 5.51. The summed E-state index contributed by atoms with van der Waals surface area (Å²) >= 11 is 1.76. The lowest BCUT2D eigenvalue weighted by Crippen LogP contribution is -2.24. The summed E-state index contributed by atoms with van der Waals surface area (Å²) in [5.41, 5.74) is 6.65. The van der Waals surface area contributed by atoms with Crippen LogP contribution in [-0.2, 0) is 6.42 Å². The first-order valence-electron chi connectivity index (χ1n) is 7.23. The number of likely N-dealkylation sites (N-methyl/N-ethyl adjacent to an activating group) is 1. The van der Waals surface area contributed by atoms with E-state index in [1.54, 1.807) is 11.3 Å². The van der Waals surface area contributed by atoms with Crippen molar-refractivity contribution in [3.63, 3.8) is 0 Å². The second kappa shape index (κ2) is 6.51. The molecule has 1 heterocycles. The molecule has 108 valence electrons. The molecule has 0 aliphatic rings. The quantitative estimate of drug-likeness (QED) is 0.888. The Morgan fingerprint density at radius 1 is 1.15 bits per heavy atom. The van der Waals surface area contributed by atoms with E-state index in [0.717, 1.165) is 18.7 Å². The van der Waals surface area contributed by atoms with Crippen molar-refractivity contribution in [3.05, 3.63) is 50.5 Å². The van der Waals surface area contributed by atoms with E-state index in [9.17, 15) is 0 Å². The molecule has 2 rings (SSSR count). The van der Waals surface area contributed by atoms with Gasteiger partial charge in [0.1, 0.15) is 0 Å². The lowest BCUT2D eigenvalue weighted by atomic mass is 9.92. The maximum Gasteiger partial charge on any atom is 0.0947 e. The topological polar surface area (TPSA) is 24.9 Å². The van der Waals surface area contributed by atoms with Gasteiger partial charge in [-0.2, -0.15) is 0 Å². The number of aromatic nitrogens is 1. The van der Waals surface area contributed by atoms with Gasteiger partial charge in [0, 0.05) is 23.5 Å². The summed E-state index contributed by atoms with van der Waals surface area (Å²) in [4.78, 5) is 4.61. The van der Waals surface area contributed by atoms with Crippen LogP contribution in [0.4, 0.5) is 0 Å². The van der Waals surface area contributed by atoms with Crippen LogP contribution in [0.25, 0.3) is 0 Å². The molecule has 1 aromatic heterocycles. The van der Waals surface area contributed by atoms with E-state index in [-0.39, 0.29) is 0 Å². The lowest BCUT2D eigenvalue weighted by molar-refractivity contribution is 0.543. The molecule has 1 N–H and O–H groups in total. The Morgan fingerprint density at radius 3 is 2.30 bits per heavy atom. The molecule has 0 radical (unpaired) electrons. The van der Waals surface area contributed by atoms with Crippen LogP contribution in [0.1, 0.15) is 45.9 Å². The number of nitrogens with zero attached hydrogens (tertiary/aromatic N) is 1. The van der Waals surface area contributed by atoms with Crippen LogP contribution < -0.4 is 5.32 Å². The minimum atomic E-state index is 0.353. The number of hydrogen-bond donors (Lipinski definition) is 1. The molecule has 1 aromatic carbocycles. The molecule has 2 nitrogen and oxygen atoms in total. The summed E-state index contributed by atoms with van der Waals surface area (Å²) in [6.45, 7) is 11.8. The summed E-state index contributed by atoms with van der Waals surface area (Å²) in [7, 11) is 0. The summed E-state index contributed by atoms with van der Waals surface area (Å²) in [5.74, 6) is 0. The molecule has 3 heteroatoms. The molecular formula is C17H24N2S. The van der Waals surface area contributed by atoms with Gasteiger partial charge in [-0.3, -0.25) is 0 Å². The van der Waals surface area contributed by atoms with E-state index in [0.29, 0.717) is 6.04 Å². The number of nitrogens with one attached hydrogen (secondary N) is 1. The zero-order valence-corrected chi connectivity index (χ0v) is 13.9. The maximum atomic E-state index is 4.61. The predicted molar refractivity (Wildman–Crippen MR) is 87.6 cm³/mol. The van der Waals surface area contributed by atoms with E-state index in [1.165, 1.54) is 27.3 Å². The minimum Gasteiger partial charge on any atom is -0.310 e. The average Bonchev–Trinajstić information content (AvgIpc) is 2.73. The van der Waals surface area contributed by atoms with Crippen molar-refractivity contribution >= 4 is 11.3 Å². The van der Waals surface area contributed by atoms with Gasteiger partial charge in [-0.25, -0.2) is 4.98 Å². The van der Waals surface area contributed by atoms with Gasteiger partial charge in [-0.15, -0.1) is 11.3 Å². The van der Waals surface area contributed by atoms with Crippen LogP contribution >= 0.6 is 11.3 Å². The molecule has 0 aliphatic carbocycles. The highest BCUT2D eigenvalue weighted by atomic mass is 32.1. The van der Waals surface area contributed by atoms with Crippen molar-refractivity contribution in [2.24, 2.45) is 0 Å². The van der Waals surface area contributed by atoms with Gasteiger partial charge < -0.3 is 5.32 Å². The van der Waals surface area contributed by atoms with Crippen LogP contribution in [0.15, 0.2) is 17.5 Å². The largest absolute Gasteiger partial charge is 0.310 e. The fourth-order valence-electron chi connectivity index (χ4n) is 2.93. The van der Waals surface area contributed by atoms with Gasteiger partial charge in [0.2, 0.25) is 0 Å². The van der Waals surface area contributed by atoms with Crippen LogP contribution in [0.3, 0.4) is 0 Å². The standard InChI is InChI=1S/C17H24N2S/c1-6-18-15(9-16-19-14(5)10-20-16)17-12(3)7-11(2)8-13(17)4/h7-8,10,15,18H,6,9H2,1-5H3. The Bertz CT molecular complexity index is 563. The van der Waals surface area contributed by atoms with Gasteiger partial charge in [0.15, 0.2) is 0 Å². The Labute approximate surface area is 126 Å². The Kier molecular flexibility index (Phi) is 4.95. The van der Waals surface area contributed by atoms with Crippen LogP contribution in [0, 0.1) is 27.7 Å².